The third kappa shape index (κ3) is 3.56. The smallest absolute Gasteiger partial charge is 0.259 e. The summed E-state index contributed by atoms with van der Waals surface area (Å²) in [5, 5.41) is 0.802. The van der Waals surface area contributed by atoms with Crippen LogP contribution in [0.5, 0.6) is 0 Å². The summed E-state index contributed by atoms with van der Waals surface area (Å²) in [4.78, 5) is 36.8. The van der Waals surface area contributed by atoms with Crippen molar-refractivity contribution in [3.63, 3.8) is 0 Å². The SMILES string of the molecule is C[C@@H]1CCCCN1C(=O)CSCc1nc2sc3c(c2c(=O)[nH]1)CCCC3. The molecular formula is C19H25N3O2S2. The van der Waals surface area contributed by atoms with Gasteiger partial charge in [0.2, 0.25) is 5.91 Å². The molecule has 2 aromatic rings. The highest BCUT2D eigenvalue weighted by Gasteiger charge is 2.23. The largest absolute Gasteiger partial charge is 0.339 e. The first-order valence-corrected chi connectivity index (χ1v) is 11.5. The monoisotopic (exact) mass is 391 g/mol. The summed E-state index contributed by atoms with van der Waals surface area (Å²) in [6.45, 7) is 3.01. The van der Waals surface area contributed by atoms with E-state index in [-0.39, 0.29) is 11.5 Å². The third-order valence-electron chi connectivity index (χ3n) is 5.46. The lowest BCUT2D eigenvalue weighted by atomic mass is 9.97. The Morgan fingerprint density at radius 3 is 3.00 bits per heavy atom. The Kier molecular flexibility index (Phi) is 5.36. The first-order valence-electron chi connectivity index (χ1n) is 9.54. The fourth-order valence-electron chi connectivity index (χ4n) is 4.06. The number of nitrogens with zero attached hydrogens (tertiary/aromatic N) is 2. The van der Waals surface area contributed by atoms with Gasteiger partial charge in [0.25, 0.3) is 5.56 Å². The number of amides is 1. The van der Waals surface area contributed by atoms with Crippen molar-refractivity contribution in [1.29, 1.82) is 0 Å². The molecule has 1 aliphatic heterocycles. The molecule has 0 aromatic carbocycles. The summed E-state index contributed by atoms with van der Waals surface area (Å²) in [5.74, 6) is 1.91. The molecule has 5 nitrogen and oxygen atoms in total. The van der Waals surface area contributed by atoms with Gasteiger partial charge in [-0.15, -0.1) is 23.1 Å². The van der Waals surface area contributed by atoms with E-state index in [9.17, 15) is 9.59 Å². The average Bonchev–Trinajstić information content (AvgIpc) is 3.00. The second kappa shape index (κ2) is 7.72. The number of carbonyl (C=O) groups is 1. The van der Waals surface area contributed by atoms with Gasteiger partial charge >= 0.3 is 0 Å². The predicted octanol–water partition coefficient (Wildman–Crippen LogP) is 3.50. The number of rotatable bonds is 4. The summed E-state index contributed by atoms with van der Waals surface area (Å²) >= 11 is 3.22. The van der Waals surface area contributed by atoms with E-state index in [0.717, 1.165) is 48.9 Å². The number of nitrogens with one attached hydrogen (secondary N) is 1. The molecule has 0 unspecified atom stereocenters. The van der Waals surface area contributed by atoms with E-state index in [1.54, 1.807) is 23.1 Å². The highest BCUT2D eigenvalue weighted by molar-refractivity contribution is 7.99. The second-order valence-electron chi connectivity index (χ2n) is 7.33. The van der Waals surface area contributed by atoms with E-state index in [2.05, 4.69) is 16.9 Å². The maximum Gasteiger partial charge on any atom is 0.259 e. The lowest BCUT2D eigenvalue weighted by Crippen LogP contribution is -2.42. The van der Waals surface area contributed by atoms with Crippen LogP contribution in [0.2, 0.25) is 0 Å². The molecule has 26 heavy (non-hydrogen) atoms. The highest BCUT2D eigenvalue weighted by Crippen LogP contribution is 2.33. The molecule has 1 atom stereocenters. The van der Waals surface area contributed by atoms with E-state index in [0.29, 0.717) is 23.4 Å². The van der Waals surface area contributed by atoms with Crippen LogP contribution in [0.4, 0.5) is 0 Å². The Hall–Kier alpha value is -1.34. The van der Waals surface area contributed by atoms with Gasteiger partial charge < -0.3 is 9.88 Å². The van der Waals surface area contributed by atoms with Crippen LogP contribution in [-0.4, -0.2) is 39.1 Å². The fraction of sp³-hybridized carbons (Fsp3) is 0.632. The topological polar surface area (TPSA) is 66.1 Å². The number of likely N-dealkylation sites (tertiary alicyclic amines) is 1. The van der Waals surface area contributed by atoms with Crippen LogP contribution in [0.15, 0.2) is 4.79 Å². The van der Waals surface area contributed by atoms with Crippen molar-refractivity contribution >= 4 is 39.2 Å². The first kappa shape index (κ1) is 18.0. The van der Waals surface area contributed by atoms with Crippen LogP contribution in [0.1, 0.15) is 55.3 Å². The summed E-state index contributed by atoms with van der Waals surface area (Å²) < 4.78 is 0. The zero-order chi connectivity index (χ0) is 18.1. The highest BCUT2D eigenvalue weighted by atomic mass is 32.2. The molecule has 2 aliphatic rings. The molecule has 2 aromatic heterocycles. The molecule has 3 heterocycles. The van der Waals surface area contributed by atoms with E-state index >= 15 is 0 Å². The molecule has 0 bridgehead atoms. The van der Waals surface area contributed by atoms with Crippen molar-refractivity contribution in [1.82, 2.24) is 14.9 Å². The van der Waals surface area contributed by atoms with Crippen LogP contribution >= 0.6 is 23.1 Å². The maximum absolute atomic E-state index is 12.5. The molecule has 0 saturated carbocycles. The van der Waals surface area contributed by atoms with Crippen molar-refractivity contribution in [3.05, 3.63) is 26.6 Å². The molecule has 1 fully saturated rings. The van der Waals surface area contributed by atoms with E-state index in [1.165, 1.54) is 23.3 Å². The Morgan fingerprint density at radius 2 is 2.15 bits per heavy atom. The van der Waals surface area contributed by atoms with Gasteiger partial charge in [-0.25, -0.2) is 4.98 Å². The van der Waals surface area contributed by atoms with Crippen molar-refractivity contribution in [2.45, 2.75) is 63.7 Å². The number of carbonyl (C=O) groups excluding carboxylic acids is 1. The molecule has 1 aliphatic carbocycles. The fourth-order valence-corrected chi connectivity index (χ4v) is 6.12. The number of aryl methyl sites for hydroxylation is 2. The summed E-state index contributed by atoms with van der Waals surface area (Å²) in [6.07, 6.45) is 7.86. The number of hydrogen-bond acceptors (Lipinski definition) is 5. The minimum Gasteiger partial charge on any atom is -0.339 e. The summed E-state index contributed by atoms with van der Waals surface area (Å²) in [5.41, 5.74) is 1.21. The van der Waals surface area contributed by atoms with Crippen molar-refractivity contribution in [2.75, 3.05) is 12.3 Å². The number of thiophene rings is 1. The normalized spacial score (nSPS) is 20.3. The Morgan fingerprint density at radius 1 is 1.31 bits per heavy atom. The van der Waals surface area contributed by atoms with Gasteiger partial charge in [-0.1, -0.05) is 0 Å². The average molecular weight is 392 g/mol. The van der Waals surface area contributed by atoms with Crippen LogP contribution in [0.3, 0.4) is 0 Å². The molecule has 1 N–H and O–H groups in total. The first-order chi connectivity index (χ1) is 12.6. The molecule has 4 rings (SSSR count). The molecule has 0 radical (unpaired) electrons. The number of H-pyrrole nitrogens is 1. The van der Waals surface area contributed by atoms with Gasteiger partial charge in [-0.2, -0.15) is 0 Å². The number of aromatic nitrogens is 2. The van der Waals surface area contributed by atoms with E-state index in [4.69, 9.17) is 0 Å². The van der Waals surface area contributed by atoms with Gasteiger partial charge in [-0.05, 0) is 57.4 Å². The molecule has 1 amide bonds. The van der Waals surface area contributed by atoms with Crippen LogP contribution in [-0.2, 0) is 23.4 Å². The van der Waals surface area contributed by atoms with Crippen molar-refractivity contribution in [3.8, 4) is 0 Å². The number of thioether (sulfide) groups is 1. The number of hydrogen-bond donors (Lipinski definition) is 1. The number of piperidine rings is 1. The van der Waals surface area contributed by atoms with Crippen LogP contribution < -0.4 is 5.56 Å². The van der Waals surface area contributed by atoms with Gasteiger partial charge in [0.15, 0.2) is 0 Å². The van der Waals surface area contributed by atoms with Crippen molar-refractivity contribution < 1.29 is 4.79 Å². The molecule has 0 spiro atoms. The standard InChI is InChI=1S/C19H25N3O2S2/c1-12-6-4-5-9-22(12)16(23)11-25-10-15-20-18(24)17-13-7-2-3-8-14(13)26-19(17)21-15/h12H,2-11H2,1H3,(H,20,21,24)/t12-/m1/s1. The number of aromatic amines is 1. The Bertz CT molecular complexity index is 874. The lowest BCUT2D eigenvalue weighted by molar-refractivity contribution is -0.131. The Balaban J connectivity index is 1.43. The molecule has 1 saturated heterocycles. The summed E-state index contributed by atoms with van der Waals surface area (Å²) in [7, 11) is 0. The van der Waals surface area contributed by atoms with Gasteiger partial charge in [0, 0.05) is 17.5 Å². The quantitative estimate of drug-likeness (QED) is 0.866. The Labute approximate surface area is 161 Å². The van der Waals surface area contributed by atoms with Gasteiger partial charge in [-0.3, -0.25) is 9.59 Å². The zero-order valence-electron chi connectivity index (χ0n) is 15.2. The third-order valence-corrected chi connectivity index (χ3v) is 7.58. The second-order valence-corrected chi connectivity index (χ2v) is 9.40. The minimum absolute atomic E-state index is 0.0130. The summed E-state index contributed by atoms with van der Waals surface area (Å²) in [6, 6.07) is 0.351. The molecular weight excluding hydrogens is 366 g/mol. The lowest BCUT2D eigenvalue weighted by Gasteiger charge is -2.33. The van der Waals surface area contributed by atoms with E-state index < -0.39 is 0 Å². The molecule has 7 heteroatoms. The maximum atomic E-state index is 12.5. The van der Waals surface area contributed by atoms with Crippen molar-refractivity contribution in [2.24, 2.45) is 0 Å². The van der Waals surface area contributed by atoms with E-state index in [1.807, 2.05) is 4.90 Å². The minimum atomic E-state index is -0.0130. The predicted molar refractivity (Wildman–Crippen MR) is 108 cm³/mol. The van der Waals surface area contributed by atoms with Gasteiger partial charge in [0.1, 0.15) is 10.7 Å². The zero-order valence-corrected chi connectivity index (χ0v) is 16.8. The number of fused-ring (bicyclic) bond motifs is 3. The van der Waals surface area contributed by atoms with Crippen LogP contribution in [0.25, 0.3) is 10.2 Å². The van der Waals surface area contributed by atoms with Gasteiger partial charge in [0.05, 0.1) is 16.9 Å². The molecule has 140 valence electrons. The van der Waals surface area contributed by atoms with Crippen LogP contribution in [0, 0.1) is 0 Å².